The zero-order valence-electron chi connectivity index (χ0n) is 9.00. The standard InChI is InChI=1S/C11H11BrN2O2/c1-3-9-8(10(15)6(2)12)4-7(5-13)11(16)14-9/h4,6H,3H2,1-2H3,(H,14,16). The largest absolute Gasteiger partial charge is 0.324 e. The van der Waals surface area contributed by atoms with Crippen LogP contribution < -0.4 is 5.56 Å². The second kappa shape index (κ2) is 5.08. The average molecular weight is 283 g/mol. The number of nitrogens with zero attached hydrogens (tertiary/aromatic N) is 1. The maximum Gasteiger partial charge on any atom is 0.266 e. The van der Waals surface area contributed by atoms with Crippen LogP contribution in [0.4, 0.5) is 0 Å². The zero-order chi connectivity index (χ0) is 12.3. The van der Waals surface area contributed by atoms with E-state index in [1.807, 2.05) is 6.92 Å². The minimum absolute atomic E-state index is 0.0336. The third-order valence-corrected chi connectivity index (χ3v) is 2.64. The summed E-state index contributed by atoms with van der Waals surface area (Å²) in [5, 5.41) is 8.73. The maximum absolute atomic E-state index is 11.8. The lowest BCUT2D eigenvalue weighted by atomic mass is 10.0. The van der Waals surface area contributed by atoms with E-state index in [-0.39, 0.29) is 16.2 Å². The van der Waals surface area contributed by atoms with Gasteiger partial charge < -0.3 is 4.98 Å². The minimum Gasteiger partial charge on any atom is -0.324 e. The van der Waals surface area contributed by atoms with E-state index >= 15 is 0 Å². The van der Waals surface area contributed by atoms with E-state index in [0.717, 1.165) is 0 Å². The quantitative estimate of drug-likeness (QED) is 0.678. The summed E-state index contributed by atoms with van der Waals surface area (Å²) in [7, 11) is 0. The number of rotatable bonds is 3. The predicted octanol–water partition coefficient (Wildman–Crippen LogP) is 1.78. The molecule has 0 fully saturated rings. The molecular weight excluding hydrogens is 272 g/mol. The molecule has 1 N–H and O–H groups in total. The maximum atomic E-state index is 11.8. The highest BCUT2D eigenvalue weighted by atomic mass is 79.9. The first-order chi connectivity index (χ1) is 7.51. The van der Waals surface area contributed by atoms with Crippen LogP contribution in [0.15, 0.2) is 10.9 Å². The van der Waals surface area contributed by atoms with Crippen molar-refractivity contribution in [2.24, 2.45) is 0 Å². The van der Waals surface area contributed by atoms with Gasteiger partial charge in [-0.3, -0.25) is 9.59 Å². The monoisotopic (exact) mass is 282 g/mol. The van der Waals surface area contributed by atoms with Crippen LogP contribution in [-0.2, 0) is 6.42 Å². The number of carbonyl (C=O) groups is 1. The normalized spacial score (nSPS) is 11.9. The Morgan fingerprint density at radius 3 is 2.75 bits per heavy atom. The predicted molar refractivity (Wildman–Crippen MR) is 63.9 cm³/mol. The Morgan fingerprint density at radius 1 is 1.69 bits per heavy atom. The van der Waals surface area contributed by atoms with Gasteiger partial charge in [-0.2, -0.15) is 5.26 Å². The third-order valence-electron chi connectivity index (χ3n) is 2.22. The van der Waals surface area contributed by atoms with Crippen molar-refractivity contribution in [1.29, 1.82) is 5.26 Å². The van der Waals surface area contributed by atoms with E-state index in [1.54, 1.807) is 13.0 Å². The highest BCUT2D eigenvalue weighted by Gasteiger charge is 2.17. The Kier molecular flexibility index (Phi) is 4.02. The number of nitrogens with one attached hydrogen (secondary N) is 1. The van der Waals surface area contributed by atoms with E-state index in [4.69, 9.17) is 5.26 Å². The Hall–Kier alpha value is -1.41. The van der Waals surface area contributed by atoms with Crippen LogP contribution in [-0.4, -0.2) is 15.6 Å². The van der Waals surface area contributed by atoms with Crippen molar-refractivity contribution in [2.75, 3.05) is 0 Å². The number of carbonyl (C=O) groups excluding carboxylic acids is 1. The van der Waals surface area contributed by atoms with Gasteiger partial charge in [0.05, 0.1) is 4.83 Å². The number of ketones is 1. The van der Waals surface area contributed by atoms with Gasteiger partial charge in [-0.25, -0.2) is 0 Å². The molecule has 0 saturated heterocycles. The van der Waals surface area contributed by atoms with Crippen molar-refractivity contribution in [2.45, 2.75) is 25.1 Å². The molecule has 0 aromatic carbocycles. The lowest BCUT2D eigenvalue weighted by molar-refractivity contribution is 0.0994. The molecule has 0 spiro atoms. The highest BCUT2D eigenvalue weighted by Crippen LogP contribution is 2.13. The molecule has 0 aliphatic heterocycles. The summed E-state index contributed by atoms with van der Waals surface area (Å²) in [6.07, 6.45) is 0.543. The number of H-pyrrole nitrogens is 1. The fraction of sp³-hybridized carbons (Fsp3) is 0.364. The van der Waals surface area contributed by atoms with Crippen LogP contribution in [0, 0.1) is 11.3 Å². The number of Topliss-reactive ketones (excluding diaryl/α,β-unsaturated/α-hetero) is 1. The molecule has 1 unspecified atom stereocenters. The number of halogens is 1. The Labute approximate surface area is 101 Å². The fourth-order valence-corrected chi connectivity index (χ4v) is 1.61. The molecule has 0 saturated carbocycles. The van der Waals surface area contributed by atoms with Crippen LogP contribution in [0.2, 0.25) is 0 Å². The molecular formula is C11H11BrN2O2. The van der Waals surface area contributed by atoms with Gasteiger partial charge in [-0.1, -0.05) is 22.9 Å². The number of hydrogen-bond acceptors (Lipinski definition) is 3. The Balaban J connectivity index is 3.43. The lowest BCUT2D eigenvalue weighted by Crippen LogP contribution is -2.20. The van der Waals surface area contributed by atoms with E-state index in [1.165, 1.54) is 6.07 Å². The molecule has 4 nitrogen and oxygen atoms in total. The number of aromatic nitrogens is 1. The summed E-state index contributed by atoms with van der Waals surface area (Å²) < 4.78 is 0. The van der Waals surface area contributed by atoms with Crippen LogP contribution in [0.1, 0.15) is 35.5 Å². The number of nitriles is 1. The molecule has 0 amide bonds. The van der Waals surface area contributed by atoms with E-state index in [9.17, 15) is 9.59 Å². The Bertz CT molecular complexity index is 512. The third kappa shape index (κ3) is 2.39. The summed E-state index contributed by atoms with van der Waals surface area (Å²) in [5.41, 5.74) is 0.496. The highest BCUT2D eigenvalue weighted by molar-refractivity contribution is 9.10. The molecule has 1 rings (SSSR count). The smallest absolute Gasteiger partial charge is 0.266 e. The van der Waals surface area contributed by atoms with E-state index < -0.39 is 5.56 Å². The van der Waals surface area contributed by atoms with Crippen molar-refractivity contribution >= 4 is 21.7 Å². The van der Waals surface area contributed by atoms with Gasteiger partial charge in [0, 0.05) is 11.3 Å². The zero-order valence-corrected chi connectivity index (χ0v) is 10.6. The van der Waals surface area contributed by atoms with Gasteiger partial charge in [0.2, 0.25) is 0 Å². The fourth-order valence-electron chi connectivity index (χ4n) is 1.36. The van der Waals surface area contributed by atoms with E-state index in [0.29, 0.717) is 17.7 Å². The van der Waals surface area contributed by atoms with Crippen molar-refractivity contribution in [1.82, 2.24) is 4.98 Å². The minimum atomic E-state index is -0.446. The summed E-state index contributed by atoms with van der Waals surface area (Å²) in [5.74, 6) is -0.135. The summed E-state index contributed by atoms with van der Waals surface area (Å²) in [4.78, 5) is 25.4. The van der Waals surface area contributed by atoms with Crippen molar-refractivity contribution in [3.8, 4) is 6.07 Å². The molecule has 84 valence electrons. The van der Waals surface area contributed by atoms with Crippen LogP contribution in [0.5, 0.6) is 0 Å². The summed E-state index contributed by atoms with van der Waals surface area (Å²) in [6.45, 7) is 3.55. The van der Waals surface area contributed by atoms with Gasteiger partial charge in [0.25, 0.3) is 5.56 Å². The molecule has 1 aromatic heterocycles. The van der Waals surface area contributed by atoms with Crippen molar-refractivity contribution in [3.63, 3.8) is 0 Å². The molecule has 0 aliphatic carbocycles. The summed E-state index contributed by atoms with van der Waals surface area (Å²) >= 11 is 3.18. The van der Waals surface area contributed by atoms with Crippen LogP contribution in [0.25, 0.3) is 0 Å². The molecule has 1 atom stereocenters. The van der Waals surface area contributed by atoms with Gasteiger partial charge >= 0.3 is 0 Å². The van der Waals surface area contributed by atoms with Crippen LogP contribution >= 0.6 is 15.9 Å². The van der Waals surface area contributed by atoms with Gasteiger partial charge in [0.15, 0.2) is 5.78 Å². The van der Waals surface area contributed by atoms with Gasteiger partial charge in [-0.15, -0.1) is 0 Å². The SMILES string of the molecule is CCc1[nH]c(=O)c(C#N)cc1C(=O)C(C)Br. The first-order valence-corrected chi connectivity index (χ1v) is 5.77. The van der Waals surface area contributed by atoms with Gasteiger partial charge in [0.1, 0.15) is 11.6 Å². The number of alkyl halides is 1. The first-order valence-electron chi connectivity index (χ1n) is 4.85. The van der Waals surface area contributed by atoms with Crippen molar-refractivity contribution < 1.29 is 4.79 Å². The van der Waals surface area contributed by atoms with Gasteiger partial charge in [-0.05, 0) is 19.4 Å². The van der Waals surface area contributed by atoms with E-state index in [2.05, 4.69) is 20.9 Å². The number of aromatic amines is 1. The molecule has 0 bridgehead atoms. The molecule has 0 aliphatic rings. The Morgan fingerprint density at radius 2 is 2.31 bits per heavy atom. The van der Waals surface area contributed by atoms with Crippen LogP contribution in [0.3, 0.4) is 0 Å². The molecule has 16 heavy (non-hydrogen) atoms. The number of hydrogen-bond donors (Lipinski definition) is 1. The summed E-state index contributed by atoms with van der Waals surface area (Å²) in [6, 6.07) is 3.13. The average Bonchev–Trinajstić information content (AvgIpc) is 2.27. The lowest BCUT2D eigenvalue weighted by Gasteiger charge is -2.08. The molecule has 1 heterocycles. The second-order valence-electron chi connectivity index (χ2n) is 3.35. The number of pyridine rings is 1. The van der Waals surface area contributed by atoms with Crippen molar-refractivity contribution in [3.05, 3.63) is 33.2 Å². The first kappa shape index (κ1) is 12.7. The number of aryl methyl sites for hydroxylation is 1. The molecule has 0 radical (unpaired) electrons. The molecule has 5 heteroatoms. The second-order valence-corrected chi connectivity index (χ2v) is 4.72. The molecule has 1 aromatic rings. The topological polar surface area (TPSA) is 73.7 Å².